The average molecular weight is 173 g/mol. The van der Waals surface area contributed by atoms with Gasteiger partial charge in [0.2, 0.25) is 0 Å². The lowest BCUT2D eigenvalue weighted by Gasteiger charge is -2.40. The van der Waals surface area contributed by atoms with Gasteiger partial charge >= 0.3 is 0 Å². The summed E-state index contributed by atoms with van der Waals surface area (Å²) in [5, 5.41) is 8.98. The fraction of sp³-hybridized carbons (Fsp3) is 1.00. The first-order chi connectivity index (χ1) is 5.51. The minimum Gasteiger partial charge on any atom is -0.396 e. The molecule has 0 saturated heterocycles. The largest absolute Gasteiger partial charge is 0.396 e. The number of hydrogen-bond donors (Lipinski definition) is 2. The third-order valence-electron chi connectivity index (χ3n) is 3.29. The van der Waals surface area contributed by atoms with E-state index in [1.807, 2.05) is 6.92 Å². The summed E-state index contributed by atoms with van der Waals surface area (Å²) in [6, 6.07) is 0.162. The lowest BCUT2D eigenvalue weighted by molar-refractivity contribution is 0.0935. The van der Waals surface area contributed by atoms with Crippen LogP contribution in [-0.4, -0.2) is 17.8 Å². The van der Waals surface area contributed by atoms with E-state index in [2.05, 4.69) is 20.8 Å². The smallest absolute Gasteiger partial charge is 0.0437 e. The van der Waals surface area contributed by atoms with Gasteiger partial charge in [-0.1, -0.05) is 20.8 Å². The van der Waals surface area contributed by atoms with Gasteiger partial charge in [-0.25, -0.2) is 0 Å². The standard InChI is InChI=1S/C10H23NO/c1-5-10(6-7-12,8(2)3)9(4)11/h8-9,12H,5-7,11H2,1-4H3. The van der Waals surface area contributed by atoms with Gasteiger partial charge in [-0.3, -0.25) is 0 Å². The van der Waals surface area contributed by atoms with Crippen LogP contribution in [0.25, 0.3) is 0 Å². The van der Waals surface area contributed by atoms with Gasteiger partial charge in [0.1, 0.15) is 0 Å². The van der Waals surface area contributed by atoms with Gasteiger partial charge in [-0.05, 0) is 31.1 Å². The molecular weight excluding hydrogens is 150 g/mol. The highest BCUT2D eigenvalue weighted by Gasteiger charge is 2.34. The summed E-state index contributed by atoms with van der Waals surface area (Å²) >= 11 is 0. The highest BCUT2D eigenvalue weighted by atomic mass is 16.3. The summed E-state index contributed by atoms with van der Waals surface area (Å²) in [6.45, 7) is 8.80. The minimum atomic E-state index is 0.120. The highest BCUT2D eigenvalue weighted by Crippen LogP contribution is 2.37. The maximum Gasteiger partial charge on any atom is 0.0437 e. The Kier molecular flexibility index (Phi) is 4.80. The van der Waals surface area contributed by atoms with E-state index in [0.717, 1.165) is 12.8 Å². The van der Waals surface area contributed by atoms with Crippen molar-refractivity contribution in [2.24, 2.45) is 17.1 Å². The highest BCUT2D eigenvalue weighted by molar-refractivity contribution is 4.88. The Labute approximate surface area is 76.2 Å². The minimum absolute atomic E-state index is 0.120. The van der Waals surface area contributed by atoms with Gasteiger partial charge in [0.15, 0.2) is 0 Å². The molecule has 0 aliphatic rings. The second-order valence-corrected chi connectivity index (χ2v) is 4.00. The van der Waals surface area contributed by atoms with Crippen LogP contribution in [0.2, 0.25) is 0 Å². The molecule has 0 rings (SSSR count). The topological polar surface area (TPSA) is 46.2 Å². The molecule has 2 nitrogen and oxygen atoms in total. The molecule has 0 aromatic carbocycles. The third-order valence-corrected chi connectivity index (χ3v) is 3.29. The zero-order valence-electron chi connectivity index (χ0n) is 8.80. The molecule has 2 unspecified atom stereocenters. The van der Waals surface area contributed by atoms with Gasteiger partial charge in [0, 0.05) is 12.6 Å². The molecule has 3 N–H and O–H groups in total. The second kappa shape index (κ2) is 4.83. The van der Waals surface area contributed by atoms with Crippen LogP contribution in [0, 0.1) is 11.3 Å². The monoisotopic (exact) mass is 173 g/mol. The molecule has 0 fully saturated rings. The van der Waals surface area contributed by atoms with Crippen LogP contribution >= 0.6 is 0 Å². The molecule has 0 aliphatic carbocycles. The Morgan fingerprint density at radius 3 is 1.92 bits per heavy atom. The van der Waals surface area contributed by atoms with E-state index in [4.69, 9.17) is 10.8 Å². The van der Waals surface area contributed by atoms with Gasteiger partial charge in [-0.15, -0.1) is 0 Å². The van der Waals surface area contributed by atoms with Crippen LogP contribution in [0.5, 0.6) is 0 Å². The predicted octanol–water partition coefficient (Wildman–Crippen LogP) is 1.77. The Hall–Kier alpha value is -0.0800. The van der Waals surface area contributed by atoms with Crippen molar-refractivity contribution in [2.45, 2.75) is 46.6 Å². The van der Waals surface area contributed by atoms with Gasteiger partial charge < -0.3 is 10.8 Å². The van der Waals surface area contributed by atoms with E-state index < -0.39 is 0 Å². The van der Waals surface area contributed by atoms with E-state index in [-0.39, 0.29) is 18.1 Å². The van der Waals surface area contributed by atoms with Crippen molar-refractivity contribution in [1.29, 1.82) is 0 Å². The molecule has 0 heterocycles. The lowest BCUT2D eigenvalue weighted by atomic mass is 9.68. The molecule has 0 aromatic heterocycles. The molecule has 2 atom stereocenters. The van der Waals surface area contributed by atoms with Crippen molar-refractivity contribution in [1.82, 2.24) is 0 Å². The fourth-order valence-electron chi connectivity index (χ4n) is 2.16. The van der Waals surface area contributed by atoms with Crippen LogP contribution in [-0.2, 0) is 0 Å². The number of nitrogens with two attached hydrogens (primary N) is 1. The molecular formula is C10H23NO. The molecule has 0 saturated carbocycles. The van der Waals surface area contributed by atoms with Gasteiger partial charge in [0.25, 0.3) is 0 Å². The van der Waals surface area contributed by atoms with Crippen LogP contribution in [0.3, 0.4) is 0 Å². The fourth-order valence-corrected chi connectivity index (χ4v) is 2.16. The summed E-state index contributed by atoms with van der Waals surface area (Å²) in [4.78, 5) is 0. The van der Waals surface area contributed by atoms with Crippen LogP contribution in [0.1, 0.15) is 40.5 Å². The zero-order chi connectivity index (χ0) is 9.78. The average Bonchev–Trinajstić information content (AvgIpc) is 1.98. The molecule has 0 spiro atoms. The lowest BCUT2D eigenvalue weighted by Crippen LogP contribution is -2.43. The molecule has 0 bridgehead atoms. The van der Waals surface area contributed by atoms with Crippen LogP contribution < -0.4 is 5.73 Å². The van der Waals surface area contributed by atoms with Crippen molar-refractivity contribution in [3.05, 3.63) is 0 Å². The Balaban J connectivity index is 4.51. The predicted molar refractivity (Wildman–Crippen MR) is 52.9 cm³/mol. The summed E-state index contributed by atoms with van der Waals surface area (Å²) in [6.07, 6.45) is 1.86. The SMILES string of the molecule is CCC(CCO)(C(C)C)C(C)N. The first-order valence-electron chi connectivity index (χ1n) is 4.87. The molecule has 2 heteroatoms. The van der Waals surface area contributed by atoms with E-state index in [0.29, 0.717) is 5.92 Å². The van der Waals surface area contributed by atoms with Crippen LogP contribution in [0.15, 0.2) is 0 Å². The summed E-state index contributed by atoms with van der Waals surface area (Å²) < 4.78 is 0. The molecule has 12 heavy (non-hydrogen) atoms. The van der Waals surface area contributed by atoms with Crippen molar-refractivity contribution >= 4 is 0 Å². The molecule has 0 aromatic rings. The van der Waals surface area contributed by atoms with E-state index >= 15 is 0 Å². The third kappa shape index (κ3) is 2.20. The maximum absolute atomic E-state index is 8.98. The number of aliphatic hydroxyl groups is 1. The normalized spacial score (nSPS) is 19.2. The van der Waals surface area contributed by atoms with Crippen molar-refractivity contribution < 1.29 is 5.11 Å². The Morgan fingerprint density at radius 1 is 1.33 bits per heavy atom. The summed E-state index contributed by atoms with van der Waals surface area (Å²) in [5.74, 6) is 0.537. The van der Waals surface area contributed by atoms with Gasteiger partial charge in [-0.2, -0.15) is 0 Å². The van der Waals surface area contributed by atoms with E-state index in [1.54, 1.807) is 0 Å². The van der Waals surface area contributed by atoms with Gasteiger partial charge in [0.05, 0.1) is 0 Å². The first-order valence-corrected chi connectivity index (χ1v) is 4.87. The number of rotatable bonds is 5. The first kappa shape index (κ1) is 11.9. The molecule has 0 radical (unpaired) electrons. The molecule has 74 valence electrons. The Bertz CT molecular complexity index is 113. The number of aliphatic hydroxyl groups excluding tert-OH is 1. The molecule has 0 aliphatic heterocycles. The Morgan fingerprint density at radius 2 is 1.83 bits per heavy atom. The number of hydrogen-bond acceptors (Lipinski definition) is 2. The quantitative estimate of drug-likeness (QED) is 0.665. The van der Waals surface area contributed by atoms with E-state index in [9.17, 15) is 0 Å². The second-order valence-electron chi connectivity index (χ2n) is 4.00. The summed E-state index contributed by atoms with van der Waals surface area (Å²) in [7, 11) is 0. The van der Waals surface area contributed by atoms with Crippen LogP contribution in [0.4, 0.5) is 0 Å². The maximum atomic E-state index is 8.98. The summed E-state index contributed by atoms with van der Waals surface area (Å²) in [5.41, 5.74) is 6.08. The van der Waals surface area contributed by atoms with Crippen molar-refractivity contribution in [3.8, 4) is 0 Å². The van der Waals surface area contributed by atoms with Crippen molar-refractivity contribution in [3.63, 3.8) is 0 Å². The van der Waals surface area contributed by atoms with E-state index in [1.165, 1.54) is 0 Å². The molecule has 0 amide bonds. The van der Waals surface area contributed by atoms with Crippen molar-refractivity contribution in [2.75, 3.05) is 6.61 Å². The zero-order valence-corrected chi connectivity index (χ0v) is 8.80.